The number of halogens is 1. The van der Waals surface area contributed by atoms with Crippen LogP contribution in [0, 0.1) is 0 Å². The molecule has 20 heavy (non-hydrogen) atoms. The second-order valence-electron chi connectivity index (χ2n) is 4.01. The minimum Gasteiger partial charge on any atom is -0.307 e. The molecule has 0 bridgehead atoms. The topological polar surface area (TPSA) is 73.0 Å². The first-order valence-electron chi connectivity index (χ1n) is 5.92. The lowest BCUT2D eigenvalue weighted by Crippen LogP contribution is -2.36. The van der Waals surface area contributed by atoms with Gasteiger partial charge in [-0.05, 0) is 38.4 Å². The van der Waals surface area contributed by atoms with E-state index in [-0.39, 0.29) is 0 Å². The molecular formula is C11H13ClN5O2P. The Balaban J connectivity index is 2.40. The van der Waals surface area contributed by atoms with E-state index < -0.39 is 11.7 Å². The summed E-state index contributed by atoms with van der Waals surface area (Å²) < 4.78 is 3.02. The monoisotopic (exact) mass is 313 g/mol. The molecule has 0 N–H and O–H groups in total. The third-order valence-electron chi connectivity index (χ3n) is 2.55. The molecule has 2 aromatic rings. The van der Waals surface area contributed by atoms with Crippen LogP contribution in [0.25, 0.3) is 5.69 Å². The van der Waals surface area contributed by atoms with Crippen LogP contribution in [-0.2, 0) is 0 Å². The van der Waals surface area contributed by atoms with E-state index in [2.05, 4.69) is 19.8 Å². The van der Waals surface area contributed by atoms with Gasteiger partial charge in [0.25, 0.3) is 0 Å². The summed E-state index contributed by atoms with van der Waals surface area (Å²) in [6.45, 7) is 2.42. The molecule has 1 aromatic heterocycles. The number of benzene rings is 1. The van der Waals surface area contributed by atoms with Gasteiger partial charge in [0, 0.05) is 6.54 Å². The van der Waals surface area contributed by atoms with Crippen LogP contribution in [0.4, 0.5) is 4.79 Å². The van der Waals surface area contributed by atoms with Gasteiger partial charge in [-0.2, -0.15) is 4.68 Å². The number of nitrogens with zero attached hydrogens (tertiary/aromatic N) is 5. The van der Waals surface area contributed by atoms with Crippen LogP contribution in [0.1, 0.15) is 13.3 Å². The normalized spacial score (nSPS) is 10.6. The van der Waals surface area contributed by atoms with Crippen LogP contribution in [0.2, 0.25) is 5.02 Å². The summed E-state index contributed by atoms with van der Waals surface area (Å²) in [7, 11) is 2.26. The highest BCUT2D eigenvalue weighted by Crippen LogP contribution is 2.16. The number of hydrogen-bond acceptors (Lipinski definition) is 4. The van der Waals surface area contributed by atoms with E-state index in [4.69, 9.17) is 11.6 Å². The number of hydrogen-bond donors (Lipinski definition) is 0. The van der Waals surface area contributed by atoms with Crippen molar-refractivity contribution in [3.63, 3.8) is 0 Å². The molecule has 9 heteroatoms. The van der Waals surface area contributed by atoms with E-state index in [1.165, 1.54) is 4.67 Å². The van der Waals surface area contributed by atoms with Crippen LogP contribution < -0.4 is 5.69 Å². The fourth-order valence-corrected chi connectivity index (χ4v) is 2.18. The lowest BCUT2D eigenvalue weighted by molar-refractivity contribution is 0.223. The van der Waals surface area contributed by atoms with Gasteiger partial charge in [-0.3, -0.25) is 0 Å². The molecule has 0 saturated heterocycles. The highest BCUT2D eigenvalue weighted by atomic mass is 35.5. The number of para-hydroxylation sites is 1. The fraction of sp³-hybridized carbons (Fsp3) is 0.273. The average molecular weight is 314 g/mol. The maximum absolute atomic E-state index is 12.2. The quantitative estimate of drug-likeness (QED) is 0.636. The zero-order valence-electron chi connectivity index (χ0n) is 10.7. The Morgan fingerprint density at radius 3 is 2.75 bits per heavy atom. The van der Waals surface area contributed by atoms with E-state index in [9.17, 15) is 9.59 Å². The summed E-state index contributed by atoms with van der Waals surface area (Å²) in [6.07, 6.45) is 0.767. The minimum absolute atomic E-state index is 0.352. The molecule has 1 heterocycles. The summed E-state index contributed by atoms with van der Waals surface area (Å²) in [6, 6.07) is 6.15. The third kappa shape index (κ3) is 2.73. The van der Waals surface area contributed by atoms with Crippen molar-refractivity contribution in [3.05, 3.63) is 39.8 Å². The largest absolute Gasteiger partial charge is 0.377 e. The van der Waals surface area contributed by atoms with E-state index in [1.54, 1.807) is 24.3 Å². The Labute approximate surface area is 122 Å². The second kappa shape index (κ2) is 6.15. The van der Waals surface area contributed by atoms with Gasteiger partial charge >= 0.3 is 11.7 Å². The zero-order chi connectivity index (χ0) is 14.7. The molecule has 0 spiro atoms. The van der Waals surface area contributed by atoms with E-state index in [0.717, 1.165) is 11.1 Å². The molecule has 1 aromatic carbocycles. The summed E-state index contributed by atoms with van der Waals surface area (Å²) in [4.78, 5) is 24.2. The Kier molecular flexibility index (Phi) is 4.52. The van der Waals surface area contributed by atoms with Gasteiger partial charge in [0.1, 0.15) is 0 Å². The maximum Gasteiger partial charge on any atom is 0.377 e. The number of carbonyl (C=O) groups excluding carboxylic acids is 1. The van der Waals surface area contributed by atoms with Crippen LogP contribution in [-0.4, -0.2) is 37.0 Å². The predicted molar refractivity (Wildman–Crippen MR) is 78.1 cm³/mol. The van der Waals surface area contributed by atoms with Crippen molar-refractivity contribution in [3.8, 4) is 5.69 Å². The molecule has 0 radical (unpaired) electrons. The van der Waals surface area contributed by atoms with Gasteiger partial charge in [0.15, 0.2) is 0 Å². The predicted octanol–water partition coefficient (Wildman–Crippen LogP) is 1.55. The van der Waals surface area contributed by atoms with Crippen LogP contribution >= 0.6 is 21.0 Å². The van der Waals surface area contributed by atoms with Crippen molar-refractivity contribution in [2.24, 2.45) is 0 Å². The molecule has 0 aliphatic carbocycles. The first kappa shape index (κ1) is 14.7. The smallest absolute Gasteiger partial charge is 0.307 e. The summed E-state index contributed by atoms with van der Waals surface area (Å²) in [5.41, 5.74) is -0.282. The van der Waals surface area contributed by atoms with E-state index >= 15 is 0 Å². The van der Waals surface area contributed by atoms with Gasteiger partial charge in [0.2, 0.25) is 0 Å². The molecule has 0 saturated carbocycles. The van der Waals surface area contributed by atoms with Crippen molar-refractivity contribution in [1.29, 1.82) is 0 Å². The second-order valence-corrected chi connectivity index (χ2v) is 5.04. The lowest BCUT2D eigenvalue weighted by Gasteiger charge is -2.13. The Morgan fingerprint density at radius 2 is 2.10 bits per heavy atom. The Morgan fingerprint density at radius 1 is 1.40 bits per heavy atom. The van der Waals surface area contributed by atoms with Crippen molar-refractivity contribution in [2.75, 3.05) is 6.54 Å². The number of tetrazole rings is 1. The zero-order valence-corrected chi connectivity index (χ0v) is 12.6. The van der Waals surface area contributed by atoms with Gasteiger partial charge in [0.05, 0.1) is 10.7 Å². The SMILES string of the molecule is CCCN(P)C(=O)n1nnn(-c2ccccc2Cl)c1=O. The van der Waals surface area contributed by atoms with Crippen molar-refractivity contribution < 1.29 is 4.79 Å². The van der Waals surface area contributed by atoms with Gasteiger partial charge in [-0.15, -0.1) is 4.68 Å². The lowest BCUT2D eigenvalue weighted by atomic mass is 10.3. The average Bonchev–Trinajstić information content (AvgIpc) is 2.80. The van der Waals surface area contributed by atoms with E-state index in [1.807, 2.05) is 6.92 Å². The van der Waals surface area contributed by atoms with Gasteiger partial charge in [-0.1, -0.05) is 30.7 Å². The Bertz CT molecular complexity index is 683. The highest BCUT2D eigenvalue weighted by molar-refractivity contribution is 7.14. The summed E-state index contributed by atoms with van der Waals surface area (Å²) in [5, 5.41) is 7.63. The fourth-order valence-electron chi connectivity index (χ4n) is 1.60. The number of rotatable bonds is 3. The molecule has 1 amide bonds. The first-order valence-corrected chi connectivity index (χ1v) is 6.82. The van der Waals surface area contributed by atoms with Crippen molar-refractivity contribution >= 4 is 27.0 Å². The highest BCUT2D eigenvalue weighted by Gasteiger charge is 2.19. The minimum atomic E-state index is -0.661. The number of aromatic nitrogens is 4. The summed E-state index contributed by atoms with van der Waals surface area (Å²) in [5.74, 6) is 0. The Hall–Kier alpha value is -1.72. The first-order chi connectivity index (χ1) is 9.56. The van der Waals surface area contributed by atoms with Crippen LogP contribution in [0.15, 0.2) is 29.1 Å². The van der Waals surface area contributed by atoms with Gasteiger partial charge in [-0.25, -0.2) is 9.59 Å². The van der Waals surface area contributed by atoms with Crippen molar-refractivity contribution in [1.82, 2.24) is 24.5 Å². The third-order valence-corrected chi connectivity index (χ3v) is 3.35. The molecule has 1 atom stereocenters. The van der Waals surface area contributed by atoms with Gasteiger partial charge < -0.3 is 4.67 Å². The van der Waals surface area contributed by atoms with Crippen LogP contribution in [0.5, 0.6) is 0 Å². The standard InChI is InChI=1S/C11H13ClN5O2P/c1-2-7-15(20)10(18)17-11(19)16(13-14-17)9-6-4-3-5-8(9)12/h3-6H,2,7,20H2,1H3. The molecule has 0 aliphatic rings. The van der Waals surface area contributed by atoms with E-state index in [0.29, 0.717) is 21.9 Å². The molecule has 106 valence electrons. The number of carbonyl (C=O) groups is 1. The molecule has 2 rings (SSSR count). The maximum atomic E-state index is 12.2. The molecule has 0 aliphatic heterocycles. The molecular weight excluding hydrogens is 301 g/mol. The molecule has 1 unspecified atom stereocenters. The molecule has 7 nitrogen and oxygen atoms in total. The summed E-state index contributed by atoms with van der Waals surface area (Å²) >= 11 is 6.00. The van der Waals surface area contributed by atoms with Crippen molar-refractivity contribution in [2.45, 2.75) is 13.3 Å². The molecule has 0 fully saturated rings. The number of amides is 1. The van der Waals surface area contributed by atoms with Crippen LogP contribution in [0.3, 0.4) is 0 Å².